The quantitative estimate of drug-likeness (QED) is 0.512. The first-order valence-electron chi connectivity index (χ1n) is 10.7. The van der Waals surface area contributed by atoms with Crippen LogP contribution in [0.5, 0.6) is 17.2 Å². The van der Waals surface area contributed by atoms with Gasteiger partial charge in [0.05, 0.1) is 40.0 Å². The normalized spacial score (nSPS) is 14.8. The lowest BCUT2D eigenvalue weighted by atomic mass is 10.1. The number of benzene rings is 2. The zero-order valence-corrected chi connectivity index (χ0v) is 19.9. The van der Waals surface area contributed by atoms with Crippen molar-refractivity contribution in [3.05, 3.63) is 42.0 Å². The van der Waals surface area contributed by atoms with Gasteiger partial charge in [-0.25, -0.2) is 0 Å². The van der Waals surface area contributed by atoms with E-state index in [4.69, 9.17) is 14.2 Å². The van der Waals surface area contributed by atoms with Gasteiger partial charge in [0.2, 0.25) is 17.6 Å². The molecular formula is C24H27N3O8. The molecule has 1 atom stereocenters. The maximum Gasteiger partial charge on any atom is 0.325 e. The van der Waals surface area contributed by atoms with Crippen LogP contribution >= 0.6 is 0 Å². The molecule has 1 aliphatic heterocycles. The molecule has 0 aromatic heterocycles. The Bertz CT molecular complexity index is 1090. The second-order valence-corrected chi connectivity index (χ2v) is 7.61. The van der Waals surface area contributed by atoms with Crippen molar-refractivity contribution in [3.63, 3.8) is 0 Å². The molecule has 3 amide bonds. The molecule has 1 aliphatic rings. The monoisotopic (exact) mass is 485 g/mol. The molecule has 11 nitrogen and oxygen atoms in total. The third-order valence-electron chi connectivity index (χ3n) is 5.49. The Morgan fingerprint density at radius 1 is 0.971 bits per heavy atom. The van der Waals surface area contributed by atoms with Crippen molar-refractivity contribution in [2.75, 3.05) is 51.7 Å². The van der Waals surface area contributed by atoms with Crippen molar-refractivity contribution < 1.29 is 38.1 Å². The lowest BCUT2D eigenvalue weighted by Crippen LogP contribution is -2.30. The van der Waals surface area contributed by atoms with E-state index in [0.717, 1.165) is 0 Å². The lowest BCUT2D eigenvalue weighted by Gasteiger charge is -2.20. The number of esters is 1. The molecule has 3 rings (SSSR count). The molecule has 2 aromatic rings. The van der Waals surface area contributed by atoms with Crippen LogP contribution in [0.15, 0.2) is 36.4 Å². The van der Waals surface area contributed by atoms with Crippen molar-refractivity contribution in [2.24, 2.45) is 5.92 Å². The smallest absolute Gasteiger partial charge is 0.325 e. The number of rotatable bonds is 9. The van der Waals surface area contributed by atoms with Crippen molar-refractivity contribution in [1.29, 1.82) is 0 Å². The molecule has 0 spiro atoms. The number of nitrogens with one attached hydrogen (secondary N) is 2. The Morgan fingerprint density at radius 2 is 1.60 bits per heavy atom. The minimum Gasteiger partial charge on any atom is -0.493 e. The Labute approximate surface area is 202 Å². The highest BCUT2D eigenvalue weighted by Crippen LogP contribution is 2.42. The molecule has 0 aliphatic carbocycles. The molecule has 1 heterocycles. The molecule has 0 saturated carbocycles. The van der Waals surface area contributed by atoms with Crippen LogP contribution in [-0.2, 0) is 19.1 Å². The van der Waals surface area contributed by atoms with Crippen LogP contribution in [0.1, 0.15) is 16.8 Å². The number of hydrogen-bond acceptors (Lipinski definition) is 8. The van der Waals surface area contributed by atoms with Crippen LogP contribution in [-0.4, -0.2) is 65.2 Å². The maximum absolute atomic E-state index is 12.8. The van der Waals surface area contributed by atoms with Crippen LogP contribution in [0.4, 0.5) is 11.4 Å². The minimum absolute atomic E-state index is 0.0382. The Morgan fingerprint density at radius 3 is 2.14 bits per heavy atom. The van der Waals surface area contributed by atoms with Crippen molar-refractivity contribution in [2.45, 2.75) is 6.42 Å². The summed E-state index contributed by atoms with van der Waals surface area (Å²) in [5.41, 5.74) is 1.32. The zero-order chi connectivity index (χ0) is 25.5. The largest absolute Gasteiger partial charge is 0.493 e. The first-order valence-corrected chi connectivity index (χ1v) is 10.7. The van der Waals surface area contributed by atoms with Crippen molar-refractivity contribution in [1.82, 2.24) is 5.32 Å². The fraction of sp³-hybridized carbons (Fsp3) is 0.333. The molecule has 2 N–H and O–H groups in total. The van der Waals surface area contributed by atoms with E-state index in [9.17, 15) is 19.2 Å². The number of anilines is 2. The summed E-state index contributed by atoms with van der Waals surface area (Å²) < 4.78 is 20.5. The average molecular weight is 485 g/mol. The van der Waals surface area contributed by atoms with Crippen LogP contribution in [0.3, 0.4) is 0 Å². The third-order valence-corrected chi connectivity index (χ3v) is 5.49. The van der Waals surface area contributed by atoms with Gasteiger partial charge in [0, 0.05) is 36.3 Å². The van der Waals surface area contributed by atoms with Crippen LogP contribution in [0, 0.1) is 5.92 Å². The van der Waals surface area contributed by atoms with Gasteiger partial charge >= 0.3 is 5.97 Å². The summed E-state index contributed by atoms with van der Waals surface area (Å²) in [4.78, 5) is 50.2. The highest BCUT2D eigenvalue weighted by molar-refractivity contribution is 6.04. The van der Waals surface area contributed by atoms with Gasteiger partial charge in [-0.2, -0.15) is 0 Å². The highest BCUT2D eigenvalue weighted by atomic mass is 16.5. The fourth-order valence-electron chi connectivity index (χ4n) is 3.63. The van der Waals surface area contributed by atoms with E-state index in [1.54, 1.807) is 24.3 Å². The van der Waals surface area contributed by atoms with Crippen LogP contribution < -0.4 is 29.7 Å². The molecule has 1 fully saturated rings. The predicted molar refractivity (Wildman–Crippen MR) is 126 cm³/mol. The van der Waals surface area contributed by atoms with Crippen molar-refractivity contribution >= 4 is 35.1 Å². The van der Waals surface area contributed by atoms with E-state index < -0.39 is 17.8 Å². The van der Waals surface area contributed by atoms with Gasteiger partial charge in [0.25, 0.3) is 5.91 Å². The number of amides is 3. The van der Waals surface area contributed by atoms with E-state index in [-0.39, 0.29) is 31.3 Å². The molecular weight excluding hydrogens is 458 g/mol. The van der Waals surface area contributed by atoms with Gasteiger partial charge in [-0.05, 0) is 24.3 Å². The van der Waals surface area contributed by atoms with E-state index in [0.29, 0.717) is 34.2 Å². The Kier molecular flexibility index (Phi) is 8.13. The van der Waals surface area contributed by atoms with E-state index >= 15 is 0 Å². The second kappa shape index (κ2) is 11.2. The average Bonchev–Trinajstić information content (AvgIpc) is 3.28. The summed E-state index contributed by atoms with van der Waals surface area (Å²) in [6.45, 7) is -0.0662. The molecule has 1 unspecified atom stereocenters. The number of carbonyl (C=O) groups excluding carboxylic acids is 4. The summed E-state index contributed by atoms with van der Waals surface area (Å²) in [7, 11) is 5.69. The summed E-state index contributed by atoms with van der Waals surface area (Å²) in [6.07, 6.45) is 0.0382. The van der Waals surface area contributed by atoms with Gasteiger partial charge in [-0.15, -0.1) is 0 Å². The fourth-order valence-corrected chi connectivity index (χ4v) is 3.63. The predicted octanol–water partition coefficient (Wildman–Crippen LogP) is 1.61. The summed E-state index contributed by atoms with van der Waals surface area (Å²) in [5.74, 6) is -0.916. The summed E-state index contributed by atoms with van der Waals surface area (Å²) in [6, 6.07) is 9.49. The van der Waals surface area contributed by atoms with Gasteiger partial charge < -0.3 is 34.5 Å². The zero-order valence-electron chi connectivity index (χ0n) is 19.9. The first-order chi connectivity index (χ1) is 16.8. The maximum atomic E-state index is 12.8. The van der Waals surface area contributed by atoms with E-state index in [1.165, 1.54) is 45.5 Å². The molecule has 0 radical (unpaired) electrons. The molecule has 1 saturated heterocycles. The SMILES string of the molecule is COC(=O)CNC(=O)c1ccc(NC(=O)C2CC(=O)N(c3cc(OC)c(OC)c(OC)c3)C2)cc1. The molecule has 186 valence electrons. The van der Waals surface area contributed by atoms with E-state index in [2.05, 4.69) is 15.4 Å². The van der Waals surface area contributed by atoms with Gasteiger partial charge in [0.1, 0.15) is 6.54 Å². The van der Waals surface area contributed by atoms with Crippen LogP contribution in [0.25, 0.3) is 0 Å². The van der Waals surface area contributed by atoms with Gasteiger partial charge in [0.15, 0.2) is 11.5 Å². The topological polar surface area (TPSA) is 132 Å². The summed E-state index contributed by atoms with van der Waals surface area (Å²) in [5, 5.41) is 5.21. The highest BCUT2D eigenvalue weighted by Gasteiger charge is 2.36. The summed E-state index contributed by atoms with van der Waals surface area (Å²) >= 11 is 0. The second-order valence-electron chi connectivity index (χ2n) is 7.61. The van der Waals surface area contributed by atoms with Gasteiger partial charge in [-0.1, -0.05) is 0 Å². The van der Waals surface area contributed by atoms with Crippen LogP contribution in [0.2, 0.25) is 0 Å². The molecule has 35 heavy (non-hydrogen) atoms. The van der Waals surface area contributed by atoms with Gasteiger partial charge in [-0.3, -0.25) is 19.2 Å². The molecule has 11 heteroatoms. The number of ether oxygens (including phenoxy) is 4. The standard InChI is InChI=1S/C24H27N3O8/c1-32-18-10-17(11-19(33-2)22(18)35-4)27-13-15(9-20(27)28)24(31)26-16-7-5-14(6-8-16)23(30)25-12-21(29)34-3/h5-8,10-11,15H,9,12-13H2,1-4H3,(H,25,30)(H,26,31). The number of nitrogens with zero attached hydrogens (tertiary/aromatic N) is 1. The Hall–Kier alpha value is -4.28. The number of hydrogen-bond donors (Lipinski definition) is 2. The minimum atomic E-state index is -0.579. The number of carbonyl (C=O) groups is 4. The van der Waals surface area contributed by atoms with Crippen molar-refractivity contribution in [3.8, 4) is 17.2 Å². The first kappa shape index (κ1) is 25.3. The molecule has 2 aromatic carbocycles. The lowest BCUT2D eigenvalue weighted by molar-refractivity contribution is -0.139. The third kappa shape index (κ3) is 5.81. The molecule has 0 bridgehead atoms. The van der Waals surface area contributed by atoms with E-state index in [1.807, 2.05) is 0 Å². The Balaban J connectivity index is 1.65. The number of methoxy groups -OCH3 is 4.